The number of benzene rings is 2. The topological polar surface area (TPSA) is 63.2 Å². The van der Waals surface area contributed by atoms with Gasteiger partial charge < -0.3 is 18.9 Å². The van der Waals surface area contributed by atoms with Crippen LogP contribution in [0.3, 0.4) is 0 Å². The number of carbonyl (C=O) groups is 1. The van der Waals surface area contributed by atoms with E-state index in [4.69, 9.17) is 23.7 Å². The summed E-state index contributed by atoms with van der Waals surface area (Å²) in [5, 5.41) is 0. The van der Waals surface area contributed by atoms with Crippen molar-refractivity contribution in [1.82, 2.24) is 0 Å². The van der Waals surface area contributed by atoms with Crippen LogP contribution in [-0.2, 0) is 29.7 Å². The molecule has 0 aliphatic carbocycles. The highest BCUT2D eigenvalue weighted by Gasteiger charge is 2.64. The van der Waals surface area contributed by atoms with Crippen molar-refractivity contribution in [3.63, 3.8) is 0 Å². The molecule has 5 atom stereocenters. The average molecular weight is 340 g/mol. The molecular formula is C19H16O6. The van der Waals surface area contributed by atoms with Crippen LogP contribution < -0.4 is 0 Å². The van der Waals surface area contributed by atoms with Gasteiger partial charge in [-0.05, 0) is 12.1 Å². The number of esters is 1. The summed E-state index contributed by atoms with van der Waals surface area (Å²) < 4.78 is 29.3. The predicted octanol–water partition coefficient (Wildman–Crippen LogP) is 2.19. The Bertz CT molecular complexity index is 779. The van der Waals surface area contributed by atoms with Crippen molar-refractivity contribution in [3.05, 3.63) is 71.8 Å². The molecule has 4 fully saturated rings. The first-order valence-corrected chi connectivity index (χ1v) is 8.22. The molecule has 6 heteroatoms. The lowest BCUT2D eigenvalue weighted by molar-refractivity contribution is -0.349. The van der Waals surface area contributed by atoms with Gasteiger partial charge in [-0.15, -0.1) is 0 Å². The van der Waals surface area contributed by atoms with Crippen molar-refractivity contribution in [1.29, 1.82) is 0 Å². The molecule has 0 N–H and O–H groups in total. The molecule has 6 rings (SSSR count). The van der Waals surface area contributed by atoms with Gasteiger partial charge >= 0.3 is 11.9 Å². The summed E-state index contributed by atoms with van der Waals surface area (Å²) in [4.78, 5) is 12.4. The van der Waals surface area contributed by atoms with Crippen LogP contribution in [0.25, 0.3) is 0 Å². The normalized spacial score (nSPS) is 35.5. The summed E-state index contributed by atoms with van der Waals surface area (Å²) in [5.74, 6) is -1.72. The van der Waals surface area contributed by atoms with Crippen molar-refractivity contribution < 1.29 is 28.5 Å². The number of ether oxygens (including phenoxy) is 5. The summed E-state index contributed by atoms with van der Waals surface area (Å²) in [5.41, 5.74) is 1.24. The maximum Gasteiger partial charge on any atom is 0.338 e. The van der Waals surface area contributed by atoms with Crippen LogP contribution in [0.4, 0.5) is 0 Å². The van der Waals surface area contributed by atoms with E-state index in [1.165, 1.54) is 0 Å². The van der Waals surface area contributed by atoms with Crippen LogP contribution >= 0.6 is 0 Å². The van der Waals surface area contributed by atoms with Crippen LogP contribution in [0.1, 0.15) is 15.9 Å². The molecule has 6 nitrogen and oxygen atoms in total. The highest BCUT2D eigenvalue weighted by Crippen LogP contribution is 2.48. The molecule has 0 radical (unpaired) electrons. The molecule has 4 bridgehead atoms. The second kappa shape index (κ2) is 5.64. The molecule has 0 amide bonds. The van der Waals surface area contributed by atoms with Gasteiger partial charge in [0.25, 0.3) is 0 Å². The second-order valence-electron chi connectivity index (χ2n) is 6.21. The first kappa shape index (κ1) is 15.0. The van der Waals surface area contributed by atoms with Crippen LogP contribution in [0, 0.1) is 0 Å². The number of carbonyl (C=O) groups excluding carboxylic acids is 1. The molecule has 0 unspecified atom stereocenters. The third-order valence-corrected chi connectivity index (χ3v) is 4.65. The predicted molar refractivity (Wildman–Crippen MR) is 84.3 cm³/mol. The molecule has 4 saturated heterocycles. The van der Waals surface area contributed by atoms with E-state index in [2.05, 4.69) is 0 Å². The fourth-order valence-electron chi connectivity index (χ4n) is 3.44. The molecule has 0 saturated carbocycles. The van der Waals surface area contributed by atoms with E-state index in [0.717, 1.165) is 5.56 Å². The zero-order valence-electron chi connectivity index (χ0n) is 13.2. The molecule has 0 spiro atoms. The highest BCUT2D eigenvalue weighted by molar-refractivity contribution is 5.89. The number of hydrogen-bond donors (Lipinski definition) is 0. The van der Waals surface area contributed by atoms with Gasteiger partial charge in [-0.25, -0.2) is 4.79 Å². The molecule has 0 aromatic heterocycles. The van der Waals surface area contributed by atoms with Crippen molar-refractivity contribution in [2.75, 3.05) is 6.61 Å². The summed E-state index contributed by atoms with van der Waals surface area (Å²) in [6, 6.07) is 18.3. The fourth-order valence-corrected chi connectivity index (χ4v) is 3.44. The Morgan fingerprint density at radius 2 is 1.72 bits per heavy atom. The van der Waals surface area contributed by atoms with E-state index in [-0.39, 0.29) is 6.61 Å². The highest BCUT2D eigenvalue weighted by atomic mass is 17.0. The van der Waals surface area contributed by atoms with Crippen molar-refractivity contribution in [2.45, 2.75) is 30.6 Å². The zero-order chi connectivity index (χ0) is 16.9. The Labute approximate surface area is 144 Å². The van der Waals surface area contributed by atoms with Crippen molar-refractivity contribution in [3.8, 4) is 0 Å². The lowest BCUT2D eigenvalue weighted by Gasteiger charge is -2.25. The quantitative estimate of drug-likeness (QED) is 0.798. The molecule has 4 aliphatic rings. The van der Waals surface area contributed by atoms with Crippen LogP contribution in [-0.4, -0.2) is 37.2 Å². The molecule has 2 aromatic rings. The Hall–Kier alpha value is -2.25. The molecular weight excluding hydrogens is 324 g/mol. The van der Waals surface area contributed by atoms with Crippen LogP contribution in [0.5, 0.6) is 0 Å². The molecule has 25 heavy (non-hydrogen) atoms. The minimum absolute atomic E-state index is 0.217. The summed E-state index contributed by atoms with van der Waals surface area (Å²) >= 11 is 0. The number of fused-ring (bicyclic) bond motifs is 1. The van der Waals surface area contributed by atoms with Gasteiger partial charge in [0.1, 0.15) is 6.10 Å². The minimum Gasteiger partial charge on any atom is -0.453 e. The Balaban J connectivity index is 1.40. The zero-order valence-corrected chi connectivity index (χ0v) is 13.2. The smallest absolute Gasteiger partial charge is 0.338 e. The van der Waals surface area contributed by atoms with Gasteiger partial charge in [0.2, 0.25) is 0 Å². The SMILES string of the molecule is O=C(O[C@@H]1[C@H]2O[C@@]3(c4ccccc4)OC[C@@H]1O[C@@H]2O3)c1ccccc1. The largest absolute Gasteiger partial charge is 0.453 e. The number of rotatable bonds is 3. The number of hydrogen-bond acceptors (Lipinski definition) is 6. The average Bonchev–Trinajstić information content (AvgIpc) is 3.02. The van der Waals surface area contributed by atoms with E-state index in [1.807, 2.05) is 36.4 Å². The van der Waals surface area contributed by atoms with E-state index in [1.54, 1.807) is 24.3 Å². The summed E-state index contributed by atoms with van der Waals surface area (Å²) in [6.07, 6.45) is -2.15. The van der Waals surface area contributed by atoms with Gasteiger partial charge in [-0.2, -0.15) is 0 Å². The first-order valence-electron chi connectivity index (χ1n) is 8.22. The lowest BCUT2D eigenvalue weighted by atomic mass is 10.1. The van der Waals surface area contributed by atoms with Gasteiger partial charge in [-0.3, -0.25) is 4.74 Å². The fraction of sp³-hybridized carbons (Fsp3) is 0.316. The van der Waals surface area contributed by atoms with E-state index in [9.17, 15) is 4.79 Å². The maximum atomic E-state index is 12.4. The first-order chi connectivity index (χ1) is 12.3. The van der Waals surface area contributed by atoms with Gasteiger partial charge in [0, 0.05) is 5.56 Å². The van der Waals surface area contributed by atoms with Crippen LogP contribution in [0.2, 0.25) is 0 Å². The standard InChI is InChI=1S/C19H16O6/c20-17(12-7-3-1-4-8-12)23-15-14-11-21-19(13-9-5-2-6-10-13)24-16(15)18(22-14)25-19/h1-10,14-16,18H,11H2/t14-,15-,16+,18+,19+/m0/s1. The molecule has 2 aromatic carbocycles. The summed E-state index contributed by atoms with van der Waals surface area (Å²) in [7, 11) is 0. The van der Waals surface area contributed by atoms with Gasteiger partial charge in [-0.1, -0.05) is 48.5 Å². The maximum absolute atomic E-state index is 12.4. The van der Waals surface area contributed by atoms with Gasteiger partial charge in [0.15, 0.2) is 18.5 Å². The Morgan fingerprint density at radius 1 is 1.00 bits per heavy atom. The third-order valence-electron chi connectivity index (χ3n) is 4.65. The van der Waals surface area contributed by atoms with Crippen molar-refractivity contribution in [2.24, 2.45) is 0 Å². The lowest BCUT2D eigenvalue weighted by Crippen LogP contribution is -2.37. The van der Waals surface area contributed by atoms with E-state index >= 15 is 0 Å². The van der Waals surface area contributed by atoms with E-state index in [0.29, 0.717) is 5.56 Å². The van der Waals surface area contributed by atoms with Crippen LogP contribution in [0.15, 0.2) is 60.7 Å². The summed E-state index contributed by atoms with van der Waals surface area (Å²) in [6.45, 7) is 0.217. The molecule has 4 aliphatic heterocycles. The Kier molecular flexibility index (Phi) is 3.39. The van der Waals surface area contributed by atoms with Crippen molar-refractivity contribution >= 4 is 5.97 Å². The minimum atomic E-state index is -1.31. The molecule has 4 heterocycles. The third kappa shape index (κ3) is 2.38. The second-order valence-corrected chi connectivity index (χ2v) is 6.21. The monoisotopic (exact) mass is 340 g/mol. The van der Waals surface area contributed by atoms with E-state index < -0.39 is 36.5 Å². The Morgan fingerprint density at radius 3 is 2.48 bits per heavy atom. The molecule has 128 valence electrons. The van der Waals surface area contributed by atoms with Gasteiger partial charge in [0.05, 0.1) is 12.2 Å².